The zero-order valence-corrected chi connectivity index (χ0v) is 16.7. The molecule has 0 amide bonds. The molecule has 4 rings (SSSR count). The van der Waals surface area contributed by atoms with Gasteiger partial charge in [0.25, 0.3) is 5.88 Å². The average molecular weight is 413 g/mol. The first-order chi connectivity index (χ1) is 14.7. The van der Waals surface area contributed by atoms with Gasteiger partial charge in [-0.1, -0.05) is 84.1 Å². The molecule has 30 heavy (non-hydrogen) atoms. The number of ether oxygens (including phenoxy) is 1. The SMILES string of the molecule is O=c1c(Oc2ccccc2C#Cc2ccccc2)nc(Cl)cn1Cc1ccccc1. The standard InChI is InChI=1S/C25H17ClN2O2/c26-23-18-28(17-20-11-5-2-6-12-20)25(29)24(27-23)30-22-14-8-7-13-21(22)16-15-19-9-3-1-4-10-19/h1-14,18H,17H2. The Balaban J connectivity index is 1.66. The van der Waals surface area contributed by atoms with Crippen LogP contribution in [0, 0.1) is 11.8 Å². The highest BCUT2D eigenvalue weighted by Gasteiger charge is 2.12. The number of hydrogen-bond donors (Lipinski definition) is 0. The maximum atomic E-state index is 12.9. The highest BCUT2D eigenvalue weighted by molar-refractivity contribution is 6.29. The van der Waals surface area contributed by atoms with E-state index in [1.165, 1.54) is 10.8 Å². The van der Waals surface area contributed by atoms with E-state index in [1.807, 2.05) is 78.9 Å². The molecule has 4 aromatic rings. The van der Waals surface area contributed by atoms with Crippen molar-refractivity contribution in [3.05, 3.63) is 123 Å². The van der Waals surface area contributed by atoms with E-state index in [2.05, 4.69) is 16.8 Å². The van der Waals surface area contributed by atoms with Crippen LogP contribution in [0.15, 0.2) is 95.9 Å². The number of benzene rings is 3. The molecule has 0 atom stereocenters. The monoisotopic (exact) mass is 412 g/mol. The fourth-order valence-corrected chi connectivity index (χ4v) is 3.07. The second kappa shape index (κ2) is 9.13. The van der Waals surface area contributed by atoms with Gasteiger partial charge in [0.15, 0.2) is 0 Å². The van der Waals surface area contributed by atoms with Crippen LogP contribution in [0.2, 0.25) is 5.15 Å². The molecule has 0 radical (unpaired) electrons. The van der Waals surface area contributed by atoms with Crippen LogP contribution in [-0.2, 0) is 6.54 Å². The molecule has 5 heteroatoms. The number of halogens is 1. The van der Waals surface area contributed by atoms with Crippen molar-refractivity contribution in [3.63, 3.8) is 0 Å². The fraction of sp³-hybridized carbons (Fsp3) is 0.0400. The summed E-state index contributed by atoms with van der Waals surface area (Å²) in [5.41, 5.74) is 2.14. The van der Waals surface area contributed by atoms with Gasteiger partial charge in [0, 0.05) is 11.8 Å². The summed E-state index contributed by atoms with van der Waals surface area (Å²) in [5, 5.41) is 0.174. The minimum Gasteiger partial charge on any atom is -0.433 e. The van der Waals surface area contributed by atoms with Gasteiger partial charge in [0.1, 0.15) is 10.9 Å². The van der Waals surface area contributed by atoms with Crippen molar-refractivity contribution in [1.82, 2.24) is 9.55 Å². The van der Waals surface area contributed by atoms with E-state index in [-0.39, 0.29) is 16.6 Å². The summed E-state index contributed by atoms with van der Waals surface area (Å²) in [7, 11) is 0. The topological polar surface area (TPSA) is 44.1 Å². The Kier molecular flexibility index (Phi) is 5.93. The molecule has 0 saturated carbocycles. The lowest BCUT2D eigenvalue weighted by Crippen LogP contribution is -2.22. The van der Waals surface area contributed by atoms with Crippen LogP contribution in [0.3, 0.4) is 0 Å². The minimum absolute atomic E-state index is 0.0904. The molecule has 0 unspecified atom stereocenters. The third kappa shape index (κ3) is 4.78. The van der Waals surface area contributed by atoms with Gasteiger partial charge < -0.3 is 9.30 Å². The van der Waals surface area contributed by atoms with Crippen LogP contribution in [0.25, 0.3) is 0 Å². The Labute approximate surface area is 179 Å². The molecule has 0 saturated heterocycles. The Morgan fingerprint density at radius 3 is 2.30 bits per heavy atom. The van der Waals surface area contributed by atoms with Crippen molar-refractivity contribution in [1.29, 1.82) is 0 Å². The molecule has 0 aliphatic rings. The van der Waals surface area contributed by atoms with Crippen LogP contribution in [-0.4, -0.2) is 9.55 Å². The van der Waals surface area contributed by atoms with E-state index >= 15 is 0 Å². The van der Waals surface area contributed by atoms with E-state index < -0.39 is 0 Å². The van der Waals surface area contributed by atoms with Gasteiger partial charge in [-0.2, -0.15) is 4.98 Å². The first kappa shape index (κ1) is 19.5. The van der Waals surface area contributed by atoms with Crippen molar-refractivity contribution >= 4 is 11.6 Å². The van der Waals surface area contributed by atoms with Crippen LogP contribution in [0.4, 0.5) is 0 Å². The Morgan fingerprint density at radius 2 is 1.53 bits per heavy atom. The summed E-state index contributed by atoms with van der Waals surface area (Å²) in [6.45, 7) is 0.369. The fourth-order valence-electron chi connectivity index (χ4n) is 2.87. The van der Waals surface area contributed by atoms with Crippen LogP contribution in [0.5, 0.6) is 11.6 Å². The molecule has 0 fully saturated rings. The predicted molar refractivity (Wildman–Crippen MR) is 118 cm³/mol. The second-order valence-corrected chi connectivity index (χ2v) is 6.89. The van der Waals surface area contributed by atoms with Crippen molar-refractivity contribution < 1.29 is 4.74 Å². The molecule has 3 aromatic carbocycles. The predicted octanol–water partition coefficient (Wildman–Crippen LogP) is 5.14. The number of rotatable bonds is 4. The van der Waals surface area contributed by atoms with E-state index in [4.69, 9.17) is 16.3 Å². The van der Waals surface area contributed by atoms with Gasteiger partial charge in [0.05, 0.1) is 12.1 Å². The molecule has 146 valence electrons. The first-order valence-electron chi connectivity index (χ1n) is 9.34. The first-order valence-corrected chi connectivity index (χ1v) is 9.72. The molecule has 0 bridgehead atoms. The van der Waals surface area contributed by atoms with E-state index in [1.54, 1.807) is 6.07 Å². The van der Waals surface area contributed by atoms with E-state index in [9.17, 15) is 4.79 Å². The highest BCUT2D eigenvalue weighted by atomic mass is 35.5. The summed E-state index contributed by atoms with van der Waals surface area (Å²) in [6.07, 6.45) is 1.50. The summed E-state index contributed by atoms with van der Waals surface area (Å²) >= 11 is 6.16. The molecule has 0 aliphatic carbocycles. The maximum absolute atomic E-state index is 12.9. The van der Waals surface area contributed by atoms with E-state index in [0.29, 0.717) is 17.9 Å². The van der Waals surface area contributed by atoms with Gasteiger partial charge in [0.2, 0.25) is 0 Å². The van der Waals surface area contributed by atoms with Crippen molar-refractivity contribution in [3.8, 4) is 23.5 Å². The molecule has 0 aliphatic heterocycles. The van der Waals surface area contributed by atoms with Gasteiger partial charge in [-0.25, -0.2) is 0 Å². The van der Waals surface area contributed by atoms with E-state index in [0.717, 1.165) is 11.1 Å². The average Bonchev–Trinajstić information content (AvgIpc) is 2.78. The van der Waals surface area contributed by atoms with Crippen molar-refractivity contribution in [2.75, 3.05) is 0 Å². The lowest BCUT2D eigenvalue weighted by atomic mass is 10.1. The Bertz CT molecular complexity index is 1270. The van der Waals surface area contributed by atoms with Gasteiger partial charge in [-0.15, -0.1) is 0 Å². The third-order valence-corrected chi connectivity index (χ3v) is 4.50. The minimum atomic E-state index is -0.367. The van der Waals surface area contributed by atoms with Gasteiger partial charge in [-0.3, -0.25) is 4.79 Å². The number of hydrogen-bond acceptors (Lipinski definition) is 3. The van der Waals surface area contributed by atoms with Crippen LogP contribution in [0.1, 0.15) is 16.7 Å². The summed E-state index contributed by atoms with van der Waals surface area (Å²) in [4.78, 5) is 17.0. The molecule has 0 N–H and O–H groups in total. The quantitative estimate of drug-likeness (QED) is 0.436. The molecular weight excluding hydrogens is 396 g/mol. The second-order valence-electron chi connectivity index (χ2n) is 6.50. The summed E-state index contributed by atoms with van der Waals surface area (Å²) in [5.74, 6) is 6.54. The summed E-state index contributed by atoms with van der Waals surface area (Å²) < 4.78 is 7.34. The molecule has 1 heterocycles. The lowest BCUT2D eigenvalue weighted by Gasteiger charge is -2.10. The number of aromatic nitrogens is 2. The maximum Gasteiger partial charge on any atom is 0.314 e. The molecule has 0 spiro atoms. The number of nitrogens with zero attached hydrogens (tertiary/aromatic N) is 2. The molecular formula is C25H17ClN2O2. The zero-order chi connectivity index (χ0) is 20.8. The lowest BCUT2D eigenvalue weighted by molar-refractivity contribution is 0.445. The Morgan fingerprint density at radius 1 is 0.867 bits per heavy atom. The number of para-hydroxylation sites is 1. The van der Waals surface area contributed by atoms with Crippen molar-refractivity contribution in [2.45, 2.75) is 6.54 Å². The molecule has 4 nitrogen and oxygen atoms in total. The van der Waals surface area contributed by atoms with Gasteiger partial charge in [-0.05, 0) is 29.8 Å². The summed E-state index contributed by atoms with van der Waals surface area (Å²) in [6, 6.07) is 26.6. The van der Waals surface area contributed by atoms with Crippen molar-refractivity contribution in [2.24, 2.45) is 0 Å². The van der Waals surface area contributed by atoms with Gasteiger partial charge >= 0.3 is 5.56 Å². The highest BCUT2D eigenvalue weighted by Crippen LogP contribution is 2.22. The Hall–Kier alpha value is -3.81. The molecule has 1 aromatic heterocycles. The largest absolute Gasteiger partial charge is 0.433 e. The smallest absolute Gasteiger partial charge is 0.314 e. The normalized spacial score (nSPS) is 10.2. The zero-order valence-electron chi connectivity index (χ0n) is 16.0. The van der Waals surface area contributed by atoms with Crippen LogP contribution < -0.4 is 10.3 Å². The third-order valence-electron chi connectivity index (χ3n) is 4.32. The van der Waals surface area contributed by atoms with Crippen LogP contribution >= 0.6 is 11.6 Å².